The largest absolute Gasteiger partial charge is 0.508 e. The Bertz CT molecular complexity index is 285. The summed E-state index contributed by atoms with van der Waals surface area (Å²) >= 11 is 0. The highest BCUT2D eigenvalue weighted by atomic mass is 16.3. The Balaban J connectivity index is 2.73. The second-order valence-electron chi connectivity index (χ2n) is 3.94. The van der Waals surface area contributed by atoms with Crippen molar-refractivity contribution in [1.82, 2.24) is 0 Å². The fourth-order valence-electron chi connectivity index (χ4n) is 1.65. The number of rotatable bonds is 4. The first-order valence-corrected chi connectivity index (χ1v) is 5.14. The predicted molar refractivity (Wildman–Crippen MR) is 59.4 cm³/mol. The fraction of sp³-hybridized carbons (Fsp3) is 0.500. The first-order valence-electron chi connectivity index (χ1n) is 5.14. The van der Waals surface area contributed by atoms with Crippen molar-refractivity contribution in [3.05, 3.63) is 29.8 Å². The van der Waals surface area contributed by atoms with Gasteiger partial charge < -0.3 is 10.8 Å². The molecule has 0 fully saturated rings. The minimum absolute atomic E-state index is 0.342. The summed E-state index contributed by atoms with van der Waals surface area (Å²) in [5.41, 5.74) is 6.71. The molecule has 14 heavy (non-hydrogen) atoms. The van der Waals surface area contributed by atoms with Gasteiger partial charge in [-0.3, -0.25) is 0 Å². The molecule has 1 aromatic carbocycles. The van der Waals surface area contributed by atoms with Crippen molar-refractivity contribution in [2.24, 2.45) is 11.7 Å². The second-order valence-corrected chi connectivity index (χ2v) is 3.94. The van der Waals surface area contributed by atoms with Crippen molar-refractivity contribution < 1.29 is 5.11 Å². The molecule has 3 N–H and O–H groups in total. The molecule has 2 heteroatoms. The zero-order valence-corrected chi connectivity index (χ0v) is 8.90. The molecule has 0 aliphatic carbocycles. The molecular weight excluding hydrogens is 174 g/mol. The molecule has 1 aromatic rings. The molecule has 2 nitrogen and oxygen atoms in total. The monoisotopic (exact) mass is 193 g/mol. The van der Waals surface area contributed by atoms with Gasteiger partial charge >= 0.3 is 0 Å². The summed E-state index contributed by atoms with van der Waals surface area (Å²) < 4.78 is 0. The molecule has 0 radical (unpaired) electrons. The fourth-order valence-corrected chi connectivity index (χ4v) is 1.65. The van der Waals surface area contributed by atoms with Crippen molar-refractivity contribution in [2.75, 3.05) is 6.54 Å². The topological polar surface area (TPSA) is 46.2 Å². The Morgan fingerprint density at radius 3 is 2.64 bits per heavy atom. The molecule has 0 aromatic heterocycles. The lowest BCUT2D eigenvalue weighted by atomic mass is 9.87. The average molecular weight is 193 g/mol. The zero-order valence-electron chi connectivity index (χ0n) is 8.90. The third-order valence-electron chi connectivity index (χ3n) is 2.87. The van der Waals surface area contributed by atoms with Gasteiger partial charge in [0, 0.05) is 0 Å². The summed E-state index contributed by atoms with van der Waals surface area (Å²) in [6.45, 7) is 5.10. The molecule has 0 spiro atoms. The lowest BCUT2D eigenvalue weighted by Gasteiger charge is -2.19. The van der Waals surface area contributed by atoms with Gasteiger partial charge in [-0.05, 0) is 42.5 Å². The van der Waals surface area contributed by atoms with Crippen LogP contribution in [0.3, 0.4) is 0 Å². The number of phenols is 1. The third kappa shape index (κ3) is 2.74. The van der Waals surface area contributed by atoms with Crippen LogP contribution in [-0.4, -0.2) is 11.7 Å². The standard InChI is InChI=1S/C12H19NO/c1-9(6-7-13)10(2)11-4-3-5-12(14)8-11/h3-5,8-10,14H,6-7,13H2,1-2H3. The summed E-state index contributed by atoms with van der Waals surface area (Å²) in [7, 11) is 0. The van der Waals surface area contributed by atoms with E-state index >= 15 is 0 Å². The van der Waals surface area contributed by atoms with Crippen molar-refractivity contribution in [1.29, 1.82) is 0 Å². The lowest BCUT2D eigenvalue weighted by molar-refractivity contribution is 0.450. The van der Waals surface area contributed by atoms with Gasteiger partial charge in [-0.1, -0.05) is 26.0 Å². The van der Waals surface area contributed by atoms with Crippen LogP contribution in [0.4, 0.5) is 0 Å². The summed E-state index contributed by atoms with van der Waals surface area (Å²) in [6, 6.07) is 7.47. The van der Waals surface area contributed by atoms with Gasteiger partial charge in [-0.15, -0.1) is 0 Å². The van der Waals surface area contributed by atoms with Crippen molar-refractivity contribution in [3.63, 3.8) is 0 Å². The minimum Gasteiger partial charge on any atom is -0.508 e. The Morgan fingerprint density at radius 1 is 1.36 bits per heavy atom. The number of hydrogen-bond acceptors (Lipinski definition) is 2. The normalized spacial score (nSPS) is 15.1. The van der Waals surface area contributed by atoms with Crippen molar-refractivity contribution >= 4 is 0 Å². The maximum Gasteiger partial charge on any atom is 0.115 e. The summed E-state index contributed by atoms with van der Waals surface area (Å²) in [5.74, 6) is 1.35. The number of nitrogens with two attached hydrogens (primary N) is 1. The van der Waals surface area contributed by atoms with E-state index in [-0.39, 0.29) is 0 Å². The van der Waals surface area contributed by atoms with Crippen molar-refractivity contribution in [2.45, 2.75) is 26.2 Å². The van der Waals surface area contributed by atoms with Crippen LogP contribution >= 0.6 is 0 Å². The van der Waals surface area contributed by atoms with Crippen LogP contribution < -0.4 is 5.73 Å². The minimum atomic E-state index is 0.342. The maximum atomic E-state index is 9.35. The van der Waals surface area contributed by atoms with Gasteiger partial charge in [-0.2, -0.15) is 0 Å². The molecule has 0 aliphatic heterocycles. The molecule has 0 aliphatic rings. The first kappa shape index (κ1) is 11.1. The Hall–Kier alpha value is -1.02. The zero-order chi connectivity index (χ0) is 10.6. The van der Waals surface area contributed by atoms with E-state index in [4.69, 9.17) is 5.73 Å². The van der Waals surface area contributed by atoms with Crippen LogP contribution in [0.2, 0.25) is 0 Å². The Morgan fingerprint density at radius 2 is 2.07 bits per heavy atom. The predicted octanol–water partition coefficient (Wildman–Crippen LogP) is 2.48. The smallest absolute Gasteiger partial charge is 0.115 e. The van der Waals surface area contributed by atoms with Crippen LogP contribution in [0.15, 0.2) is 24.3 Å². The van der Waals surface area contributed by atoms with E-state index in [1.165, 1.54) is 5.56 Å². The van der Waals surface area contributed by atoms with E-state index in [2.05, 4.69) is 19.9 Å². The van der Waals surface area contributed by atoms with E-state index in [1.54, 1.807) is 6.07 Å². The number of benzene rings is 1. The van der Waals surface area contributed by atoms with Crippen LogP contribution in [0, 0.1) is 5.92 Å². The highest BCUT2D eigenvalue weighted by Crippen LogP contribution is 2.27. The first-order chi connectivity index (χ1) is 6.65. The number of aromatic hydroxyl groups is 1. The number of phenolic OH excluding ortho intramolecular Hbond substituents is 1. The SMILES string of the molecule is CC(CCN)C(C)c1cccc(O)c1. The number of hydrogen-bond donors (Lipinski definition) is 2. The highest BCUT2D eigenvalue weighted by Gasteiger charge is 2.13. The molecular formula is C12H19NO. The second kappa shape index (κ2) is 5.01. The Kier molecular flexibility index (Phi) is 3.96. The van der Waals surface area contributed by atoms with Crippen LogP contribution in [-0.2, 0) is 0 Å². The van der Waals surface area contributed by atoms with Gasteiger partial charge in [0.05, 0.1) is 0 Å². The molecule has 0 saturated carbocycles. The maximum absolute atomic E-state index is 9.35. The van der Waals surface area contributed by atoms with Gasteiger partial charge in [0.1, 0.15) is 5.75 Å². The molecule has 0 saturated heterocycles. The van der Waals surface area contributed by atoms with E-state index in [0.29, 0.717) is 17.6 Å². The molecule has 0 bridgehead atoms. The lowest BCUT2D eigenvalue weighted by Crippen LogP contribution is -2.11. The molecule has 2 unspecified atom stereocenters. The van der Waals surface area contributed by atoms with E-state index in [9.17, 15) is 5.11 Å². The van der Waals surface area contributed by atoms with Crippen LogP contribution in [0.25, 0.3) is 0 Å². The van der Waals surface area contributed by atoms with Gasteiger partial charge in [-0.25, -0.2) is 0 Å². The van der Waals surface area contributed by atoms with Crippen LogP contribution in [0.5, 0.6) is 5.75 Å². The van der Waals surface area contributed by atoms with Crippen LogP contribution in [0.1, 0.15) is 31.7 Å². The summed E-state index contributed by atoms with van der Waals surface area (Å²) in [4.78, 5) is 0. The van der Waals surface area contributed by atoms with E-state index < -0.39 is 0 Å². The Labute approximate surface area is 85.8 Å². The molecule has 0 amide bonds. The summed E-state index contributed by atoms with van der Waals surface area (Å²) in [5, 5.41) is 9.35. The highest BCUT2D eigenvalue weighted by molar-refractivity contribution is 5.29. The average Bonchev–Trinajstić information content (AvgIpc) is 2.17. The van der Waals surface area contributed by atoms with Crippen molar-refractivity contribution in [3.8, 4) is 5.75 Å². The third-order valence-corrected chi connectivity index (χ3v) is 2.87. The van der Waals surface area contributed by atoms with Gasteiger partial charge in [0.2, 0.25) is 0 Å². The summed E-state index contributed by atoms with van der Waals surface area (Å²) in [6.07, 6.45) is 1.02. The van der Waals surface area contributed by atoms with E-state index in [1.807, 2.05) is 12.1 Å². The molecule has 1 rings (SSSR count). The van der Waals surface area contributed by atoms with Gasteiger partial charge in [0.15, 0.2) is 0 Å². The molecule has 78 valence electrons. The van der Waals surface area contributed by atoms with E-state index in [0.717, 1.165) is 13.0 Å². The molecule has 0 heterocycles. The van der Waals surface area contributed by atoms with Gasteiger partial charge in [0.25, 0.3) is 0 Å². The molecule has 2 atom stereocenters. The quantitative estimate of drug-likeness (QED) is 0.771.